The van der Waals surface area contributed by atoms with E-state index in [1.54, 1.807) is 6.26 Å². The van der Waals surface area contributed by atoms with Crippen molar-refractivity contribution in [2.24, 2.45) is 5.92 Å². The summed E-state index contributed by atoms with van der Waals surface area (Å²) in [6.45, 7) is 7.51. The highest BCUT2D eigenvalue weighted by Gasteiger charge is 2.39. The van der Waals surface area contributed by atoms with E-state index >= 15 is 0 Å². The van der Waals surface area contributed by atoms with E-state index < -0.39 is 0 Å². The Kier molecular flexibility index (Phi) is 3.70. The molecule has 0 N–H and O–H groups in total. The van der Waals surface area contributed by atoms with Gasteiger partial charge in [-0.05, 0) is 24.8 Å². The minimum Gasteiger partial charge on any atom is -0.468 e. The van der Waals surface area contributed by atoms with Gasteiger partial charge >= 0.3 is 0 Å². The number of morpholine rings is 1. The molecule has 1 aromatic rings. The highest BCUT2D eigenvalue weighted by atomic mass is 16.5. The van der Waals surface area contributed by atoms with Gasteiger partial charge in [0.25, 0.3) is 5.91 Å². The Morgan fingerprint density at radius 1 is 1.23 bits per heavy atom. The summed E-state index contributed by atoms with van der Waals surface area (Å²) in [6, 6.07) is 2.31. The first-order valence-corrected chi connectivity index (χ1v) is 8.42. The molecule has 3 aliphatic rings. The summed E-state index contributed by atoms with van der Waals surface area (Å²) < 4.78 is 11.0. The Morgan fingerprint density at radius 2 is 2.00 bits per heavy atom. The standard InChI is InChI=1S/C17H24N2O3/c1-12-10-19(11-15(12)18-5-8-21-9-6-18)17(20)14-4-7-22-16(14)13-2-3-13/h4,7,12-13,15H,2-3,5-6,8-11H2,1H3/t12-,15+/m1/s1. The van der Waals surface area contributed by atoms with Crippen LogP contribution in [0.2, 0.25) is 0 Å². The average molecular weight is 304 g/mol. The van der Waals surface area contributed by atoms with Crippen LogP contribution < -0.4 is 0 Å². The zero-order valence-corrected chi connectivity index (χ0v) is 13.2. The topological polar surface area (TPSA) is 45.9 Å². The summed E-state index contributed by atoms with van der Waals surface area (Å²) in [5.41, 5.74) is 0.789. The van der Waals surface area contributed by atoms with Crippen LogP contribution in [0.3, 0.4) is 0 Å². The van der Waals surface area contributed by atoms with Crippen molar-refractivity contribution in [3.8, 4) is 0 Å². The van der Waals surface area contributed by atoms with Crippen molar-refractivity contribution in [2.45, 2.75) is 31.7 Å². The van der Waals surface area contributed by atoms with Gasteiger partial charge < -0.3 is 14.1 Å². The van der Waals surface area contributed by atoms with Crippen molar-refractivity contribution in [1.29, 1.82) is 0 Å². The molecular formula is C17H24N2O3. The van der Waals surface area contributed by atoms with Crippen molar-refractivity contribution >= 4 is 5.91 Å². The molecule has 4 rings (SSSR count). The molecule has 1 amide bonds. The largest absolute Gasteiger partial charge is 0.468 e. The third kappa shape index (κ3) is 2.57. The van der Waals surface area contributed by atoms with Crippen LogP contribution in [0.4, 0.5) is 0 Å². The van der Waals surface area contributed by atoms with Gasteiger partial charge in [-0.3, -0.25) is 9.69 Å². The first-order chi connectivity index (χ1) is 10.7. The molecule has 0 unspecified atom stereocenters. The number of amides is 1. The second kappa shape index (κ2) is 5.70. The smallest absolute Gasteiger partial charge is 0.257 e. The molecule has 120 valence electrons. The number of carbonyl (C=O) groups is 1. The van der Waals surface area contributed by atoms with Crippen LogP contribution in [0.1, 0.15) is 41.8 Å². The van der Waals surface area contributed by atoms with E-state index in [0.717, 1.165) is 63.6 Å². The van der Waals surface area contributed by atoms with E-state index in [4.69, 9.17) is 9.15 Å². The second-order valence-electron chi connectivity index (χ2n) is 6.88. The summed E-state index contributed by atoms with van der Waals surface area (Å²) in [6.07, 6.45) is 3.97. The summed E-state index contributed by atoms with van der Waals surface area (Å²) in [7, 11) is 0. The lowest BCUT2D eigenvalue weighted by Gasteiger charge is -2.33. The maximum absolute atomic E-state index is 12.9. The number of furan rings is 1. The third-order valence-corrected chi connectivity index (χ3v) is 5.25. The average Bonchev–Trinajstić information content (AvgIpc) is 3.14. The first-order valence-electron chi connectivity index (χ1n) is 8.42. The molecule has 0 aromatic carbocycles. The number of ether oxygens (including phenoxy) is 1. The molecule has 5 heteroatoms. The highest BCUT2D eigenvalue weighted by Crippen LogP contribution is 2.42. The molecule has 0 spiro atoms. The fraction of sp³-hybridized carbons (Fsp3) is 0.706. The van der Waals surface area contributed by atoms with E-state index in [9.17, 15) is 4.79 Å². The van der Waals surface area contributed by atoms with Crippen molar-refractivity contribution in [1.82, 2.24) is 9.80 Å². The molecule has 5 nitrogen and oxygen atoms in total. The van der Waals surface area contributed by atoms with Crippen LogP contribution in [0.15, 0.2) is 16.7 Å². The predicted molar refractivity (Wildman–Crippen MR) is 81.9 cm³/mol. The minimum absolute atomic E-state index is 0.151. The van der Waals surface area contributed by atoms with Crippen LogP contribution >= 0.6 is 0 Å². The van der Waals surface area contributed by atoms with Crippen molar-refractivity contribution in [3.63, 3.8) is 0 Å². The molecule has 1 aliphatic carbocycles. The molecule has 0 bridgehead atoms. The lowest BCUT2D eigenvalue weighted by atomic mass is 10.0. The van der Waals surface area contributed by atoms with Gasteiger partial charge in [0, 0.05) is 38.1 Å². The fourth-order valence-electron chi connectivity index (χ4n) is 3.83. The van der Waals surface area contributed by atoms with Crippen molar-refractivity contribution in [3.05, 3.63) is 23.7 Å². The summed E-state index contributed by atoms with van der Waals surface area (Å²) in [5, 5.41) is 0. The molecular weight excluding hydrogens is 280 g/mol. The lowest BCUT2D eigenvalue weighted by Crippen LogP contribution is -2.47. The van der Waals surface area contributed by atoms with E-state index in [1.807, 2.05) is 11.0 Å². The number of nitrogens with zero attached hydrogens (tertiary/aromatic N) is 2. The molecule has 2 saturated heterocycles. The van der Waals surface area contributed by atoms with Gasteiger partial charge in [0.15, 0.2) is 0 Å². The molecule has 2 atom stereocenters. The number of rotatable bonds is 3. The van der Waals surface area contributed by atoms with Gasteiger partial charge in [0.1, 0.15) is 5.76 Å². The van der Waals surface area contributed by atoms with Crippen LogP contribution in [-0.2, 0) is 4.74 Å². The number of hydrogen-bond acceptors (Lipinski definition) is 4. The molecule has 3 heterocycles. The summed E-state index contributed by atoms with van der Waals surface area (Å²) >= 11 is 0. The Balaban J connectivity index is 1.46. The molecule has 2 aliphatic heterocycles. The monoisotopic (exact) mass is 304 g/mol. The minimum atomic E-state index is 0.151. The first kappa shape index (κ1) is 14.3. The molecule has 3 fully saturated rings. The highest BCUT2D eigenvalue weighted by molar-refractivity contribution is 5.95. The van der Waals surface area contributed by atoms with Gasteiger partial charge in [-0.15, -0.1) is 0 Å². The zero-order chi connectivity index (χ0) is 15.1. The van der Waals surface area contributed by atoms with Crippen molar-refractivity contribution in [2.75, 3.05) is 39.4 Å². The van der Waals surface area contributed by atoms with E-state index in [1.165, 1.54) is 0 Å². The number of hydrogen-bond donors (Lipinski definition) is 0. The Hall–Kier alpha value is -1.33. The molecule has 0 radical (unpaired) electrons. The number of likely N-dealkylation sites (tertiary alicyclic amines) is 1. The summed E-state index contributed by atoms with van der Waals surface area (Å²) in [4.78, 5) is 17.4. The normalized spacial score (nSPS) is 30.0. The quantitative estimate of drug-likeness (QED) is 0.856. The molecule has 1 saturated carbocycles. The Morgan fingerprint density at radius 3 is 2.73 bits per heavy atom. The van der Waals surface area contributed by atoms with Gasteiger partial charge in [-0.25, -0.2) is 0 Å². The maximum atomic E-state index is 12.9. The van der Waals surface area contributed by atoms with Gasteiger partial charge in [-0.2, -0.15) is 0 Å². The zero-order valence-electron chi connectivity index (χ0n) is 13.2. The van der Waals surface area contributed by atoms with Gasteiger partial charge in [-0.1, -0.05) is 6.92 Å². The predicted octanol–water partition coefficient (Wildman–Crippen LogP) is 1.95. The van der Waals surface area contributed by atoms with E-state index in [2.05, 4.69) is 11.8 Å². The SMILES string of the molecule is C[C@@H]1CN(C(=O)c2ccoc2C2CC2)C[C@@H]1N1CCOCC1. The van der Waals surface area contributed by atoms with Crippen molar-refractivity contribution < 1.29 is 13.9 Å². The number of carbonyl (C=O) groups excluding carboxylic acids is 1. The Labute approximate surface area is 131 Å². The third-order valence-electron chi connectivity index (χ3n) is 5.25. The van der Waals surface area contributed by atoms with Gasteiger partial charge in [0.05, 0.1) is 25.0 Å². The fourth-order valence-corrected chi connectivity index (χ4v) is 3.83. The van der Waals surface area contributed by atoms with Crippen LogP contribution in [0.5, 0.6) is 0 Å². The van der Waals surface area contributed by atoms with Gasteiger partial charge in [0.2, 0.25) is 0 Å². The van der Waals surface area contributed by atoms with Crippen LogP contribution in [-0.4, -0.2) is 61.1 Å². The molecule has 22 heavy (non-hydrogen) atoms. The Bertz CT molecular complexity index is 546. The van der Waals surface area contributed by atoms with Crippen LogP contribution in [0.25, 0.3) is 0 Å². The van der Waals surface area contributed by atoms with E-state index in [-0.39, 0.29) is 5.91 Å². The van der Waals surface area contributed by atoms with Crippen LogP contribution in [0, 0.1) is 5.92 Å². The second-order valence-corrected chi connectivity index (χ2v) is 6.88. The van der Waals surface area contributed by atoms with E-state index in [0.29, 0.717) is 17.9 Å². The summed E-state index contributed by atoms with van der Waals surface area (Å²) in [5.74, 6) is 2.05. The lowest BCUT2D eigenvalue weighted by molar-refractivity contribution is 0.0119. The molecule has 1 aromatic heterocycles. The maximum Gasteiger partial charge on any atom is 0.257 e.